The molecule has 2 rings (SSSR count). The van der Waals surface area contributed by atoms with Crippen LogP contribution in [0.5, 0.6) is 0 Å². The highest BCUT2D eigenvalue weighted by molar-refractivity contribution is 5.20. The predicted molar refractivity (Wildman–Crippen MR) is 54.4 cm³/mol. The summed E-state index contributed by atoms with van der Waals surface area (Å²) < 4.78 is 0. The lowest BCUT2D eigenvalue weighted by Gasteiger charge is -2.28. The van der Waals surface area contributed by atoms with Crippen LogP contribution in [-0.4, -0.2) is 12.7 Å². The van der Waals surface area contributed by atoms with Gasteiger partial charge in [-0.15, -0.1) is 0 Å². The molecule has 70 valence electrons. The highest BCUT2D eigenvalue weighted by atomic mass is 15.0. The first kappa shape index (κ1) is 8.73. The van der Waals surface area contributed by atoms with Gasteiger partial charge in [0.15, 0.2) is 0 Å². The van der Waals surface area contributed by atoms with E-state index in [0.717, 1.165) is 13.0 Å². The first-order chi connectivity index (χ1) is 6.36. The van der Waals surface area contributed by atoms with Crippen molar-refractivity contribution in [2.24, 2.45) is 5.73 Å². The van der Waals surface area contributed by atoms with Gasteiger partial charge in [0.05, 0.1) is 6.17 Å². The Morgan fingerprint density at radius 3 is 2.69 bits per heavy atom. The molecule has 0 radical (unpaired) electrons. The second-order valence-electron chi connectivity index (χ2n) is 3.69. The number of hydrogen-bond donors (Lipinski definition) is 2. The maximum absolute atomic E-state index is 5.85. The SMILES string of the molecule is NC1CC(c2ccccc2)CCN1. The number of hydrogen-bond acceptors (Lipinski definition) is 2. The third-order valence-electron chi connectivity index (χ3n) is 2.71. The van der Waals surface area contributed by atoms with Crippen LogP contribution < -0.4 is 11.1 Å². The van der Waals surface area contributed by atoms with Crippen LogP contribution in [0.15, 0.2) is 30.3 Å². The number of nitrogens with two attached hydrogens (primary N) is 1. The first-order valence-electron chi connectivity index (χ1n) is 4.90. The summed E-state index contributed by atoms with van der Waals surface area (Å²) in [6, 6.07) is 10.7. The molecule has 1 heterocycles. The third-order valence-corrected chi connectivity index (χ3v) is 2.71. The standard InChI is InChI=1S/C11H16N2/c12-11-8-10(6-7-13-11)9-4-2-1-3-5-9/h1-5,10-11,13H,6-8,12H2. The van der Waals surface area contributed by atoms with Gasteiger partial charge < -0.3 is 11.1 Å². The van der Waals surface area contributed by atoms with Crippen molar-refractivity contribution >= 4 is 0 Å². The Morgan fingerprint density at radius 1 is 1.23 bits per heavy atom. The van der Waals surface area contributed by atoms with Gasteiger partial charge in [-0.05, 0) is 30.9 Å². The molecule has 0 bridgehead atoms. The summed E-state index contributed by atoms with van der Waals surface area (Å²) in [5.74, 6) is 0.650. The van der Waals surface area contributed by atoms with E-state index in [9.17, 15) is 0 Å². The second-order valence-corrected chi connectivity index (χ2v) is 3.69. The molecule has 1 aliphatic heterocycles. The van der Waals surface area contributed by atoms with E-state index in [2.05, 4.69) is 35.6 Å². The fraction of sp³-hybridized carbons (Fsp3) is 0.455. The van der Waals surface area contributed by atoms with Crippen LogP contribution in [0.2, 0.25) is 0 Å². The maximum atomic E-state index is 5.85. The molecule has 0 spiro atoms. The molecular formula is C11H16N2. The van der Waals surface area contributed by atoms with Crippen molar-refractivity contribution in [1.82, 2.24) is 5.32 Å². The van der Waals surface area contributed by atoms with Crippen LogP contribution in [0.3, 0.4) is 0 Å². The summed E-state index contributed by atoms with van der Waals surface area (Å²) in [5, 5.41) is 3.26. The summed E-state index contributed by atoms with van der Waals surface area (Å²) in [6.07, 6.45) is 2.45. The van der Waals surface area contributed by atoms with Gasteiger partial charge in [-0.2, -0.15) is 0 Å². The zero-order chi connectivity index (χ0) is 9.10. The van der Waals surface area contributed by atoms with E-state index in [1.54, 1.807) is 0 Å². The molecule has 1 fully saturated rings. The van der Waals surface area contributed by atoms with E-state index in [1.165, 1.54) is 12.0 Å². The molecule has 3 N–H and O–H groups in total. The minimum atomic E-state index is 0.180. The molecule has 1 aromatic carbocycles. The van der Waals surface area contributed by atoms with Crippen molar-refractivity contribution < 1.29 is 0 Å². The third kappa shape index (κ3) is 2.08. The van der Waals surface area contributed by atoms with Gasteiger partial charge in [-0.25, -0.2) is 0 Å². The van der Waals surface area contributed by atoms with Crippen molar-refractivity contribution in [3.63, 3.8) is 0 Å². The van der Waals surface area contributed by atoms with Crippen LogP contribution >= 0.6 is 0 Å². The number of benzene rings is 1. The van der Waals surface area contributed by atoms with Crippen LogP contribution in [0.25, 0.3) is 0 Å². The smallest absolute Gasteiger partial charge is 0.0552 e. The predicted octanol–water partition coefficient (Wildman–Crippen LogP) is 1.44. The molecular weight excluding hydrogens is 160 g/mol. The minimum absolute atomic E-state index is 0.180. The summed E-state index contributed by atoms with van der Waals surface area (Å²) in [4.78, 5) is 0. The molecule has 2 nitrogen and oxygen atoms in total. The molecule has 1 saturated heterocycles. The topological polar surface area (TPSA) is 38.0 Å². The molecule has 0 aromatic heterocycles. The Bertz CT molecular complexity index is 258. The fourth-order valence-electron chi connectivity index (χ4n) is 1.98. The van der Waals surface area contributed by atoms with Gasteiger partial charge in [0.25, 0.3) is 0 Å². The second kappa shape index (κ2) is 3.90. The highest BCUT2D eigenvalue weighted by Gasteiger charge is 2.19. The molecule has 2 unspecified atom stereocenters. The van der Waals surface area contributed by atoms with E-state index < -0.39 is 0 Å². The van der Waals surface area contributed by atoms with Gasteiger partial charge in [0.2, 0.25) is 0 Å². The van der Waals surface area contributed by atoms with Crippen molar-refractivity contribution in [2.45, 2.75) is 24.9 Å². The van der Waals surface area contributed by atoms with Gasteiger partial charge in [0, 0.05) is 0 Å². The maximum Gasteiger partial charge on any atom is 0.0552 e. The zero-order valence-corrected chi connectivity index (χ0v) is 7.74. The van der Waals surface area contributed by atoms with E-state index in [1.807, 2.05) is 0 Å². The number of rotatable bonds is 1. The lowest BCUT2D eigenvalue weighted by atomic mass is 9.89. The van der Waals surface area contributed by atoms with Crippen LogP contribution in [0.4, 0.5) is 0 Å². The summed E-state index contributed by atoms with van der Waals surface area (Å²) in [6.45, 7) is 1.04. The van der Waals surface area contributed by atoms with Gasteiger partial charge in [0.1, 0.15) is 0 Å². The van der Waals surface area contributed by atoms with Crippen molar-refractivity contribution in [3.05, 3.63) is 35.9 Å². The molecule has 13 heavy (non-hydrogen) atoms. The number of piperidine rings is 1. The van der Waals surface area contributed by atoms with E-state index >= 15 is 0 Å². The highest BCUT2D eigenvalue weighted by Crippen LogP contribution is 2.25. The summed E-state index contributed by atoms with van der Waals surface area (Å²) >= 11 is 0. The van der Waals surface area contributed by atoms with E-state index in [4.69, 9.17) is 5.73 Å². The average Bonchev–Trinajstić information content (AvgIpc) is 2.19. The van der Waals surface area contributed by atoms with Gasteiger partial charge in [-0.3, -0.25) is 0 Å². The Morgan fingerprint density at radius 2 is 2.00 bits per heavy atom. The zero-order valence-electron chi connectivity index (χ0n) is 7.74. The molecule has 1 aliphatic rings. The Balaban J connectivity index is 2.08. The van der Waals surface area contributed by atoms with Crippen molar-refractivity contribution in [1.29, 1.82) is 0 Å². The fourth-order valence-corrected chi connectivity index (χ4v) is 1.98. The molecule has 0 amide bonds. The van der Waals surface area contributed by atoms with Gasteiger partial charge in [-0.1, -0.05) is 30.3 Å². The minimum Gasteiger partial charge on any atom is -0.316 e. The van der Waals surface area contributed by atoms with Crippen LogP contribution in [-0.2, 0) is 0 Å². The molecule has 2 atom stereocenters. The Labute approximate surface area is 79.1 Å². The van der Waals surface area contributed by atoms with Gasteiger partial charge >= 0.3 is 0 Å². The molecule has 0 aliphatic carbocycles. The molecule has 0 saturated carbocycles. The normalized spacial score (nSPS) is 28.7. The van der Waals surface area contributed by atoms with E-state index in [0.29, 0.717) is 5.92 Å². The quantitative estimate of drug-likeness (QED) is 0.679. The van der Waals surface area contributed by atoms with Crippen LogP contribution in [0, 0.1) is 0 Å². The van der Waals surface area contributed by atoms with Crippen molar-refractivity contribution in [2.75, 3.05) is 6.54 Å². The first-order valence-corrected chi connectivity index (χ1v) is 4.90. The molecule has 1 aromatic rings. The Kier molecular flexibility index (Phi) is 2.62. The van der Waals surface area contributed by atoms with Crippen molar-refractivity contribution in [3.8, 4) is 0 Å². The van der Waals surface area contributed by atoms with Crippen LogP contribution in [0.1, 0.15) is 24.3 Å². The largest absolute Gasteiger partial charge is 0.316 e. The lowest BCUT2D eigenvalue weighted by Crippen LogP contribution is -2.43. The Hall–Kier alpha value is -0.860. The summed E-state index contributed by atoms with van der Waals surface area (Å²) in [5.41, 5.74) is 7.28. The van der Waals surface area contributed by atoms with E-state index in [-0.39, 0.29) is 6.17 Å². The monoisotopic (exact) mass is 176 g/mol. The lowest BCUT2D eigenvalue weighted by molar-refractivity contribution is 0.369. The molecule has 2 heteroatoms. The average molecular weight is 176 g/mol. The number of nitrogens with one attached hydrogen (secondary N) is 1. The summed E-state index contributed by atoms with van der Waals surface area (Å²) in [7, 11) is 0.